The van der Waals surface area contributed by atoms with E-state index < -0.39 is 0 Å². The van der Waals surface area contributed by atoms with Crippen molar-refractivity contribution >= 4 is 18.5 Å². The van der Waals surface area contributed by atoms with Gasteiger partial charge in [0, 0.05) is 0 Å². The summed E-state index contributed by atoms with van der Waals surface area (Å²) in [6, 6.07) is 0. The van der Waals surface area contributed by atoms with Crippen LogP contribution in [-0.2, 0) is 0 Å². The summed E-state index contributed by atoms with van der Waals surface area (Å²) in [5.74, 6) is 0.668. The maximum Gasteiger partial charge on any atom is 0.205 e. The van der Waals surface area contributed by atoms with Gasteiger partial charge >= 0.3 is 0 Å². The molecule has 0 amide bonds. The fourth-order valence-electron chi connectivity index (χ4n) is 1.74. The second kappa shape index (κ2) is 11.5. The van der Waals surface area contributed by atoms with E-state index in [1.807, 2.05) is 0 Å². The van der Waals surface area contributed by atoms with E-state index in [4.69, 9.17) is 0 Å². The van der Waals surface area contributed by atoms with Crippen molar-refractivity contribution < 1.29 is 0 Å². The molecule has 2 heteroatoms. The third-order valence-electron chi connectivity index (χ3n) is 2.78. The van der Waals surface area contributed by atoms with E-state index in [0.717, 1.165) is 0 Å². The quantitative estimate of drug-likeness (QED) is 0.293. The van der Waals surface area contributed by atoms with Crippen molar-refractivity contribution in [3.8, 4) is 0 Å². The molecule has 0 saturated heterocycles. The second-order valence-corrected chi connectivity index (χ2v) is 5.08. The smallest absolute Gasteiger partial charge is 0.205 e. The van der Waals surface area contributed by atoms with Crippen LogP contribution >= 0.6 is 12.5 Å². The molecule has 0 nitrogen and oxygen atoms in total. The first-order chi connectivity index (χ1) is 6.81. The summed E-state index contributed by atoms with van der Waals surface area (Å²) < 4.78 is 0. The summed E-state index contributed by atoms with van der Waals surface area (Å²) in [6.45, 7) is 4.53. The van der Waals surface area contributed by atoms with Gasteiger partial charge in [0.15, 0.2) is 0 Å². The number of hydrogen-bond donors (Lipinski definition) is 1. The molecule has 0 atom stereocenters. The minimum absolute atomic E-state index is 0.668. The summed E-state index contributed by atoms with van der Waals surface area (Å²) in [5.41, 5.74) is 0. The average Bonchev–Trinajstić information content (AvgIpc) is 2.20. The average molecular weight is 214 g/mol. The third-order valence-corrected chi connectivity index (χ3v) is 3.30. The van der Waals surface area contributed by atoms with Crippen LogP contribution in [0.3, 0.4) is 0 Å². The molecule has 0 aliphatic heterocycles. The Kier molecular flexibility index (Phi) is 11.8. The van der Waals surface area contributed by atoms with Gasteiger partial charge in [-0.3, -0.25) is 0 Å². The molecule has 0 saturated carbocycles. The van der Waals surface area contributed by atoms with Crippen LogP contribution in [0.4, 0.5) is 0 Å². The Morgan fingerprint density at radius 1 is 0.714 bits per heavy atom. The van der Waals surface area contributed by atoms with Crippen molar-refractivity contribution in [2.45, 2.75) is 77.9 Å². The molecule has 0 unspecified atom stereocenters. The number of rotatable bonds is 10. The van der Waals surface area contributed by atoms with Gasteiger partial charge in [-0.15, -0.1) is 0 Å². The zero-order valence-electron chi connectivity index (χ0n) is 10.1. The van der Waals surface area contributed by atoms with Crippen LogP contribution in [-0.4, -0.2) is 5.99 Å². The third kappa shape index (κ3) is 10.5. The summed E-state index contributed by atoms with van der Waals surface area (Å²) in [6.07, 6.45) is 13.8. The van der Waals surface area contributed by atoms with Gasteiger partial charge in [0.1, 0.15) is 0 Å². The van der Waals surface area contributed by atoms with E-state index in [1.54, 1.807) is 0 Å². The number of thiol groups is 1. The SMILES string of the molecule is CCCCCCCCB(S)CCCC. The highest BCUT2D eigenvalue weighted by Gasteiger charge is 2.06. The van der Waals surface area contributed by atoms with Crippen LogP contribution < -0.4 is 0 Å². The molecule has 0 spiro atoms. The first kappa shape index (κ1) is 14.4. The highest BCUT2D eigenvalue weighted by molar-refractivity contribution is 8.10. The van der Waals surface area contributed by atoms with Crippen molar-refractivity contribution in [2.75, 3.05) is 0 Å². The van der Waals surface area contributed by atoms with Crippen molar-refractivity contribution in [1.29, 1.82) is 0 Å². The van der Waals surface area contributed by atoms with Gasteiger partial charge in [-0.25, -0.2) is 12.5 Å². The summed E-state index contributed by atoms with van der Waals surface area (Å²) in [4.78, 5) is 0. The molecule has 0 heterocycles. The highest BCUT2D eigenvalue weighted by atomic mass is 32.1. The molecular weight excluding hydrogens is 187 g/mol. The zero-order chi connectivity index (χ0) is 10.6. The van der Waals surface area contributed by atoms with E-state index >= 15 is 0 Å². The van der Waals surface area contributed by atoms with Crippen LogP contribution in [0.5, 0.6) is 0 Å². The molecule has 0 aromatic rings. The van der Waals surface area contributed by atoms with Crippen molar-refractivity contribution in [2.24, 2.45) is 0 Å². The van der Waals surface area contributed by atoms with Gasteiger partial charge in [0.05, 0.1) is 0 Å². The molecule has 14 heavy (non-hydrogen) atoms. The standard InChI is InChI=1S/C12H27BS/c1-3-5-7-8-9-10-12-13(14)11-6-4-2/h14H,3-12H2,1-2H3. The molecule has 0 bridgehead atoms. The molecule has 0 radical (unpaired) electrons. The lowest BCUT2D eigenvalue weighted by Crippen LogP contribution is -2.02. The van der Waals surface area contributed by atoms with Gasteiger partial charge in [0.25, 0.3) is 0 Å². The predicted molar refractivity (Wildman–Crippen MR) is 72.6 cm³/mol. The number of hydrogen-bond acceptors (Lipinski definition) is 1. The Bertz CT molecular complexity index is 106. The molecule has 84 valence electrons. The summed E-state index contributed by atoms with van der Waals surface area (Å²) >= 11 is 4.61. The van der Waals surface area contributed by atoms with Gasteiger partial charge in [-0.1, -0.05) is 77.9 Å². The maximum absolute atomic E-state index is 4.61. The minimum atomic E-state index is 0.668. The largest absolute Gasteiger partial charge is 0.227 e. The normalized spacial score (nSPS) is 10.5. The lowest BCUT2D eigenvalue weighted by molar-refractivity contribution is 0.623. The van der Waals surface area contributed by atoms with Crippen LogP contribution in [0, 0.1) is 0 Å². The van der Waals surface area contributed by atoms with Crippen molar-refractivity contribution in [1.82, 2.24) is 0 Å². The molecule has 0 N–H and O–H groups in total. The predicted octanol–water partition coefficient (Wildman–Crippen LogP) is 5.07. The Labute approximate surface area is 96.6 Å². The monoisotopic (exact) mass is 214 g/mol. The van der Waals surface area contributed by atoms with E-state index in [9.17, 15) is 0 Å². The fourth-order valence-corrected chi connectivity index (χ4v) is 2.11. The van der Waals surface area contributed by atoms with E-state index in [0.29, 0.717) is 5.99 Å². The molecule has 0 aliphatic rings. The molecule has 0 aromatic heterocycles. The molecule has 0 aliphatic carbocycles. The van der Waals surface area contributed by atoms with Crippen molar-refractivity contribution in [3.05, 3.63) is 0 Å². The van der Waals surface area contributed by atoms with Crippen LogP contribution in [0.2, 0.25) is 12.6 Å². The molecular formula is C12H27BS. The fraction of sp³-hybridized carbons (Fsp3) is 1.00. The van der Waals surface area contributed by atoms with E-state index in [-0.39, 0.29) is 0 Å². The van der Waals surface area contributed by atoms with Gasteiger partial charge in [0.2, 0.25) is 5.99 Å². The van der Waals surface area contributed by atoms with Gasteiger partial charge in [-0.05, 0) is 0 Å². The number of unbranched alkanes of at least 4 members (excludes halogenated alkanes) is 6. The van der Waals surface area contributed by atoms with Gasteiger partial charge in [-0.2, -0.15) is 0 Å². The molecule has 0 aromatic carbocycles. The Balaban J connectivity index is 3.02. The Morgan fingerprint density at radius 3 is 1.86 bits per heavy atom. The van der Waals surface area contributed by atoms with E-state index in [2.05, 4.69) is 26.3 Å². The maximum atomic E-state index is 4.61. The second-order valence-electron chi connectivity index (χ2n) is 4.35. The van der Waals surface area contributed by atoms with Gasteiger partial charge < -0.3 is 0 Å². The topological polar surface area (TPSA) is 0 Å². The van der Waals surface area contributed by atoms with E-state index in [1.165, 1.54) is 64.0 Å². The highest BCUT2D eigenvalue weighted by Crippen LogP contribution is 2.14. The minimum Gasteiger partial charge on any atom is -0.227 e. The molecule has 0 rings (SSSR count). The zero-order valence-corrected chi connectivity index (χ0v) is 11.0. The lowest BCUT2D eigenvalue weighted by Gasteiger charge is -2.05. The summed E-state index contributed by atoms with van der Waals surface area (Å²) in [7, 11) is 0. The lowest BCUT2D eigenvalue weighted by atomic mass is 9.66. The first-order valence-corrected chi connectivity index (χ1v) is 7.01. The van der Waals surface area contributed by atoms with Crippen molar-refractivity contribution in [3.63, 3.8) is 0 Å². The summed E-state index contributed by atoms with van der Waals surface area (Å²) in [5, 5.41) is 0. The molecule has 0 fully saturated rings. The van der Waals surface area contributed by atoms with Crippen LogP contribution in [0.15, 0.2) is 0 Å². The van der Waals surface area contributed by atoms with Crippen LogP contribution in [0.25, 0.3) is 0 Å². The Morgan fingerprint density at radius 2 is 1.21 bits per heavy atom. The first-order valence-electron chi connectivity index (χ1n) is 6.49. The Hall–Kier alpha value is 0.415. The van der Waals surface area contributed by atoms with Crippen LogP contribution in [0.1, 0.15) is 65.2 Å².